The van der Waals surface area contributed by atoms with Crippen LogP contribution in [0, 0.1) is 0 Å². The molecular formula is C31H39N9O4. The van der Waals surface area contributed by atoms with Crippen LogP contribution in [0.2, 0.25) is 0 Å². The summed E-state index contributed by atoms with van der Waals surface area (Å²) in [6, 6.07) is 14.3. The number of aromatic nitrogens is 3. The minimum atomic E-state index is -0.774. The van der Waals surface area contributed by atoms with Gasteiger partial charge in [-0.1, -0.05) is 32.9 Å². The highest BCUT2D eigenvalue weighted by Crippen LogP contribution is 2.25. The quantitative estimate of drug-likeness (QED) is 0.318. The number of rotatable bonds is 7. The number of benzene rings is 2. The van der Waals surface area contributed by atoms with Crippen molar-refractivity contribution in [3.05, 3.63) is 65.4 Å². The average Bonchev–Trinajstić information content (AvgIpc) is 3.01. The fraction of sp³-hybridized carbons (Fsp3) is 0.419. The molecule has 1 unspecified atom stereocenters. The van der Waals surface area contributed by atoms with Crippen molar-refractivity contribution in [1.29, 1.82) is 0 Å². The molecule has 44 heavy (non-hydrogen) atoms. The van der Waals surface area contributed by atoms with E-state index >= 15 is 0 Å². The molecule has 232 valence electrons. The van der Waals surface area contributed by atoms with Gasteiger partial charge in [0.25, 0.3) is 11.8 Å². The normalized spacial score (nSPS) is 17.1. The summed E-state index contributed by atoms with van der Waals surface area (Å²) < 4.78 is 5.33. The van der Waals surface area contributed by atoms with Crippen molar-refractivity contribution in [3.8, 4) is 0 Å². The smallest absolute Gasteiger partial charge is 0.319 e. The number of anilines is 4. The second-order valence-corrected chi connectivity index (χ2v) is 12.0. The van der Waals surface area contributed by atoms with Crippen LogP contribution < -0.4 is 26.6 Å². The Balaban J connectivity index is 1.23. The number of hydrogen-bond donors (Lipinski definition) is 4. The molecule has 0 radical (unpaired) electrons. The molecule has 13 heteroatoms. The van der Waals surface area contributed by atoms with E-state index < -0.39 is 5.91 Å². The van der Waals surface area contributed by atoms with Gasteiger partial charge < -0.3 is 36.2 Å². The van der Waals surface area contributed by atoms with Crippen LogP contribution in [0.15, 0.2) is 48.5 Å². The molecule has 0 bridgehead atoms. The second kappa shape index (κ2) is 13.2. The van der Waals surface area contributed by atoms with Crippen LogP contribution in [0.1, 0.15) is 60.0 Å². The van der Waals surface area contributed by atoms with Crippen LogP contribution in [-0.4, -0.2) is 83.4 Å². The first kappa shape index (κ1) is 30.7. The summed E-state index contributed by atoms with van der Waals surface area (Å²) in [5.74, 6) is -0.379. The molecule has 0 spiro atoms. The van der Waals surface area contributed by atoms with E-state index in [1.54, 1.807) is 29.2 Å². The van der Waals surface area contributed by atoms with Gasteiger partial charge in [-0.3, -0.25) is 9.59 Å². The van der Waals surface area contributed by atoms with Gasteiger partial charge in [0, 0.05) is 49.2 Å². The van der Waals surface area contributed by atoms with Crippen molar-refractivity contribution in [3.63, 3.8) is 0 Å². The molecule has 4 amide bonds. The number of piperidine rings is 1. The Morgan fingerprint density at radius 2 is 1.61 bits per heavy atom. The Kier molecular flexibility index (Phi) is 9.23. The first-order chi connectivity index (χ1) is 21.1. The lowest BCUT2D eigenvalue weighted by molar-refractivity contribution is 0.0303. The van der Waals surface area contributed by atoms with E-state index in [-0.39, 0.29) is 34.9 Å². The molecule has 2 saturated heterocycles. The first-order valence-corrected chi connectivity index (χ1v) is 14.8. The number of carbonyl (C=O) groups is 3. The number of morpholine rings is 1. The van der Waals surface area contributed by atoms with E-state index in [4.69, 9.17) is 10.5 Å². The lowest BCUT2D eigenvalue weighted by Crippen LogP contribution is -2.49. The number of carbonyl (C=O) groups excluding carboxylic acids is 3. The Bertz CT molecular complexity index is 1480. The molecule has 0 saturated carbocycles. The third kappa shape index (κ3) is 7.59. The number of primary amides is 1. The van der Waals surface area contributed by atoms with Crippen LogP contribution in [0.5, 0.6) is 0 Å². The summed E-state index contributed by atoms with van der Waals surface area (Å²) in [6.45, 7) is 9.71. The van der Waals surface area contributed by atoms with Gasteiger partial charge in [-0.2, -0.15) is 4.98 Å². The third-order valence-electron chi connectivity index (χ3n) is 7.65. The number of nitrogens with one attached hydrogen (secondary N) is 3. The molecule has 13 nitrogen and oxygen atoms in total. The van der Waals surface area contributed by atoms with Crippen molar-refractivity contribution < 1.29 is 19.1 Å². The average molecular weight is 602 g/mol. The molecule has 5 rings (SSSR count). The number of urea groups is 1. The van der Waals surface area contributed by atoms with Crippen molar-refractivity contribution >= 4 is 41.0 Å². The van der Waals surface area contributed by atoms with E-state index in [0.717, 1.165) is 12.8 Å². The number of nitrogens with zero attached hydrogens (tertiary/aromatic N) is 5. The molecular weight excluding hydrogens is 562 g/mol. The summed E-state index contributed by atoms with van der Waals surface area (Å²) in [7, 11) is 0. The maximum Gasteiger partial charge on any atom is 0.319 e. The SMILES string of the molecule is CC(C)(C)c1ccc(NC(=O)NC2CCCN(c3nnc(C(N)=O)c(Nc4ccc(C(=O)N5CCOCC5)cc4)n3)C2)cc1. The van der Waals surface area contributed by atoms with Crippen molar-refractivity contribution in [2.45, 2.75) is 45.1 Å². The van der Waals surface area contributed by atoms with E-state index in [1.807, 2.05) is 29.2 Å². The summed E-state index contributed by atoms with van der Waals surface area (Å²) in [4.78, 5) is 45.9. The van der Waals surface area contributed by atoms with Crippen LogP contribution in [0.4, 0.5) is 27.9 Å². The number of hydrogen-bond acceptors (Lipinski definition) is 9. The van der Waals surface area contributed by atoms with Gasteiger partial charge in [-0.25, -0.2) is 4.79 Å². The van der Waals surface area contributed by atoms with Gasteiger partial charge in [0.15, 0.2) is 11.5 Å². The molecule has 1 atom stereocenters. The molecule has 2 aliphatic heterocycles. The number of amides is 4. The van der Waals surface area contributed by atoms with E-state index in [2.05, 4.69) is 51.9 Å². The molecule has 2 fully saturated rings. The zero-order chi connectivity index (χ0) is 31.3. The van der Waals surface area contributed by atoms with Crippen LogP contribution >= 0.6 is 0 Å². The van der Waals surface area contributed by atoms with Crippen LogP contribution in [-0.2, 0) is 10.2 Å². The molecule has 0 aliphatic carbocycles. The summed E-state index contributed by atoms with van der Waals surface area (Å²) in [6.07, 6.45) is 1.59. The van der Waals surface area contributed by atoms with Crippen molar-refractivity contribution in [2.24, 2.45) is 5.73 Å². The van der Waals surface area contributed by atoms with Gasteiger partial charge >= 0.3 is 6.03 Å². The third-order valence-corrected chi connectivity index (χ3v) is 7.65. The molecule has 1 aromatic heterocycles. The molecule has 3 heterocycles. The lowest BCUT2D eigenvalue weighted by atomic mass is 9.87. The maximum absolute atomic E-state index is 12.8. The standard InChI is InChI=1S/C31H39N9O4/c1-31(2,3)21-8-12-23(13-9-21)34-30(43)35-24-5-4-14-40(19-24)29-36-27(25(26(32)41)37-38-29)33-22-10-6-20(7-11-22)28(42)39-15-17-44-18-16-39/h6-13,24H,4-5,14-19H2,1-3H3,(H2,32,41)(H,33,36,38)(H2,34,35,43). The predicted molar refractivity (Wildman–Crippen MR) is 167 cm³/mol. The minimum absolute atomic E-state index is 0.0302. The lowest BCUT2D eigenvalue weighted by Gasteiger charge is -2.33. The number of nitrogens with two attached hydrogens (primary N) is 1. The van der Waals surface area contributed by atoms with Gasteiger partial charge in [-0.05, 0) is 60.2 Å². The largest absolute Gasteiger partial charge is 0.378 e. The molecule has 2 aromatic carbocycles. The van der Waals surface area contributed by atoms with Gasteiger partial charge in [0.05, 0.1) is 13.2 Å². The highest BCUT2D eigenvalue weighted by molar-refractivity contribution is 5.97. The van der Waals surface area contributed by atoms with Gasteiger partial charge in [0.2, 0.25) is 5.95 Å². The number of ether oxygens (including phenoxy) is 1. The zero-order valence-corrected chi connectivity index (χ0v) is 25.3. The Morgan fingerprint density at radius 1 is 0.932 bits per heavy atom. The Morgan fingerprint density at radius 3 is 2.27 bits per heavy atom. The highest BCUT2D eigenvalue weighted by atomic mass is 16.5. The molecule has 2 aliphatic rings. The van der Waals surface area contributed by atoms with Crippen LogP contribution in [0.25, 0.3) is 0 Å². The van der Waals surface area contributed by atoms with E-state index in [9.17, 15) is 14.4 Å². The van der Waals surface area contributed by atoms with Crippen LogP contribution in [0.3, 0.4) is 0 Å². The molecule has 3 aromatic rings. The van der Waals surface area contributed by atoms with Gasteiger partial charge in [-0.15, -0.1) is 10.2 Å². The van der Waals surface area contributed by atoms with Crippen molar-refractivity contribution in [1.82, 2.24) is 25.4 Å². The van der Waals surface area contributed by atoms with Gasteiger partial charge in [0.1, 0.15) is 0 Å². The second-order valence-electron chi connectivity index (χ2n) is 12.0. The Labute approximate surface area is 256 Å². The zero-order valence-electron chi connectivity index (χ0n) is 25.3. The first-order valence-electron chi connectivity index (χ1n) is 14.8. The summed E-state index contributed by atoms with van der Waals surface area (Å²) in [5.41, 5.74) is 8.54. The van der Waals surface area contributed by atoms with E-state index in [1.165, 1.54) is 5.56 Å². The van der Waals surface area contributed by atoms with Crippen molar-refractivity contribution in [2.75, 3.05) is 54.9 Å². The summed E-state index contributed by atoms with van der Waals surface area (Å²) in [5, 5.41) is 17.3. The Hall–Kier alpha value is -4.78. The fourth-order valence-electron chi connectivity index (χ4n) is 5.17. The molecule has 5 N–H and O–H groups in total. The topological polar surface area (TPSA) is 168 Å². The minimum Gasteiger partial charge on any atom is -0.378 e. The summed E-state index contributed by atoms with van der Waals surface area (Å²) >= 11 is 0. The predicted octanol–water partition coefficient (Wildman–Crippen LogP) is 3.27. The fourth-order valence-corrected chi connectivity index (χ4v) is 5.17. The monoisotopic (exact) mass is 601 g/mol. The highest BCUT2D eigenvalue weighted by Gasteiger charge is 2.26. The maximum atomic E-state index is 12.8. The van der Waals surface area contributed by atoms with E-state index in [0.29, 0.717) is 62.3 Å².